The van der Waals surface area contributed by atoms with Crippen LogP contribution in [-0.4, -0.2) is 0 Å². The van der Waals surface area contributed by atoms with Crippen LogP contribution in [0.3, 0.4) is 0 Å². The highest BCUT2D eigenvalue weighted by Crippen LogP contribution is 2.59. The standard InChI is InChI=1S/C61H56N2/c1-37-9-21-51(22-10-37)62(59-41(5)29-39(3)30-42(59)6)53-25-27-55-56-28-26-54(63(52-23-11-38(2)12-24-52)60-43(7)31-40(4)32-44(60)8)36-58(56)61(57(55)35-53,49-19-17-45-13-15-47(45)33-49)50-20-18-46-14-16-48(46)34-50/h9-12,17-36H,13-16H2,1-8H3. The molecule has 0 aliphatic heterocycles. The molecule has 8 aromatic rings. The molecule has 0 unspecified atom stereocenters. The molecule has 8 aromatic carbocycles. The first kappa shape index (κ1) is 39.2. The predicted molar refractivity (Wildman–Crippen MR) is 266 cm³/mol. The van der Waals surface area contributed by atoms with Crippen molar-refractivity contribution in [3.05, 3.63) is 235 Å². The van der Waals surface area contributed by atoms with Gasteiger partial charge < -0.3 is 9.80 Å². The van der Waals surface area contributed by atoms with E-state index in [0.717, 1.165) is 25.7 Å². The molecule has 0 N–H and O–H groups in total. The fraction of sp³-hybridized carbons (Fsp3) is 0.213. The van der Waals surface area contributed by atoms with Crippen molar-refractivity contribution in [3.63, 3.8) is 0 Å². The van der Waals surface area contributed by atoms with Gasteiger partial charge in [0.05, 0.1) is 16.8 Å². The second-order valence-corrected chi connectivity index (χ2v) is 19.0. The number of hydrogen-bond donors (Lipinski definition) is 0. The summed E-state index contributed by atoms with van der Waals surface area (Å²) in [4.78, 5) is 5.03. The van der Waals surface area contributed by atoms with Crippen LogP contribution >= 0.6 is 0 Å². The lowest BCUT2D eigenvalue weighted by atomic mass is 9.65. The lowest BCUT2D eigenvalue weighted by Gasteiger charge is -2.38. The largest absolute Gasteiger partial charge is 0.310 e. The summed E-state index contributed by atoms with van der Waals surface area (Å²) in [5.41, 5.74) is 30.7. The van der Waals surface area contributed by atoms with E-state index in [1.807, 2.05) is 0 Å². The molecular formula is C61H56N2. The second kappa shape index (κ2) is 14.7. The molecule has 63 heavy (non-hydrogen) atoms. The summed E-state index contributed by atoms with van der Waals surface area (Å²) in [6, 6.07) is 57.1. The third-order valence-electron chi connectivity index (χ3n) is 14.5. The molecule has 3 aliphatic rings. The molecular weight excluding hydrogens is 761 g/mol. The van der Waals surface area contributed by atoms with E-state index in [1.54, 1.807) is 0 Å². The van der Waals surface area contributed by atoms with E-state index >= 15 is 0 Å². The van der Waals surface area contributed by atoms with Crippen molar-refractivity contribution >= 4 is 34.1 Å². The van der Waals surface area contributed by atoms with Crippen LogP contribution in [0.15, 0.2) is 146 Å². The molecule has 0 saturated carbocycles. The van der Waals surface area contributed by atoms with E-state index in [2.05, 4.69) is 211 Å². The first-order valence-electron chi connectivity index (χ1n) is 22.9. The summed E-state index contributed by atoms with van der Waals surface area (Å²) in [6.07, 6.45) is 4.57. The van der Waals surface area contributed by atoms with E-state index < -0.39 is 5.41 Å². The number of fused-ring (bicyclic) bond motifs is 5. The lowest BCUT2D eigenvalue weighted by Crippen LogP contribution is -2.31. The van der Waals surface area contributed by atoms with Gasteiger partial charge in [0.25, 0.3) is 0 Å². The molecule has 0 spiro atoms. The Morgan fingerprint density at radius 1 is 0.317 bits per heavy atom. The summed E-state index contributed by atoms with van der Waals surface area (Å²) in [5, 5.41) is 0. The zero-order chi connectivity index (χ0) is 43.3. The summed E-state index contributed by atoms with van der Waals surface area (Å²) in [6.45, 7) is 17.8. The second-order valence-electron chi connectivity index (χ2n) is 19.0. The molecule has 0 atom stereocenters. The summed E-state index contributed by atoms with van der Waals surface area (Å²) >= 11 is 0. The van der Waals surface area contributed by atoms with Gasteiger partial charge in [0, 0.05) is 22.7 Å². The molecule has 3 aliphatic carbocycles. The third-order valence-corrected chi connectivity index (χ3v) is 14.5. The van der Waals surface area contributed by atoms with E-state index in [4.69, 9.17) is 0 Å². The molecule has 11 rings (SSSR count). The first-order chi connectivity index (χ1) is 30.5. The molecule has 0 radical (unpaired) electrons. The van der Waals surface area contributed by atoms with Crippen molar-refractivity contribution in [2.24, 2.45) is 0 Å². The van der Waals surface area contributed by atoms with Gasteiger partial charge in [0.2, 0.25) is 0 Å². The minimum atomic E-state index is -0.571. The van der Waals surface area contributed by atoms with E-state index in [0.29, 0.717) is 0 Å². The lowest BCUT2D eigenvalue weighted by molar-refractivity contribution is 0.740. The van der Waals surface area contributed by atoms with Crippen LogP contribution in [-0.2, 0) is 31.1 Å². The van der Waals surface area contributed by atoms with Crippen molar-refractivity contribution < 1.29 is 0 Å². The Balaban J connectivity index is 1.22. The Kier molecular flexibility index (Phi) is 9.18. The predicted octanol–water partition coefficient (Wildman–Crippen LogP) is 15.7. The number of benzene rings is 8. The Hall–Kier alpha value is -6.64. The third kappa shape index (κ3) is 6.21. The van der Waals surface area contributed by atoms with Crippen LogP contribution in [0.4, 0.5) is 34.1 Å². The van der Waals surface area contributed by atoms with Crippen molar-refractivity contribution in [1.82, 2.24) is 0 Å². The highest BCUT2D eigenvalue weighted by molar-refractivity contribution is 5.93. The van der Waals surface area contributed by atoms with Crippen LogP contribution in [0.1, 0.15) is 89.0 Å². The van der Waals surface area contributed by atoms with E-state index in [9.17, 15) is 0 Å². The van der Waals surface area contributed by atoms with Gasteiger partial charge in [0.1, 0.15) is 0 Å². The number of rotatable bonds is 8. The maximum atomic E-state index is 2.56. The van der Waals surface area contributed by atoms with Crippen molar-refractivity contribution in [1.29, 1.82) is 0 Å². The van der Waals surface area contributed by atoms with E-state index in [-0.39, 0.29) is 0 Å². The average molecular weight is 817 g/mol. The van der Waals surface area contributed by atoms with Gasteiger partial charge in [-0.2, -0.15) is 0 Å². The monoisotopic (exact) mass is 816 g/mol. The van der Waals surface area contributed by atoms with Gasteiger partial charge in [-0.15, -0.1) is 0 Å². The number of hydrogen-bond acceptors (Lipinski definition) is 2. The molecule has 310 valence electrons. The molecule has 2 heteroatoms. The Bertz CT molecular complexity index is 2890. The molecule has 0 heterocycles. The number of nitrogens with zero attached hydrogens (tertiary/aromatic N) is 2. The molecule has 0 saturated heterocycles. The summed E-state index contributed by atoms with van der Waals surface area (Å²) in [7, 11) is 0. The van der Waals surface area contributed by atoms with E-state index in [1.165, 1.54) is 134 Å². The minimum absolute atomic E-state index is 0.571. The number of aryl methyl sites for hydroxylation is 12. The number of anilines is 6. The molecule has 2 nitrogen and oxygen atoms in total. The van der Waals surface area contributed by atoms with Crippen molar-refractivity contribution in [3.8, 4) is 11.1 Å². The highest BCUT2D eigenvalue weighted by Gasteiger charge is 2.48. The first-order valence-corrected chi connectivity index (χ1v) is 22.9. The Morgan fingerprint density at radius 3 is 1.00 bits per heavy atom. The van der Waals surface area contributed by atoms with Crippen LogP contribution in [0, 0.1) is 55.4 Å². The normalized spacial score (nSPS) is 13.9. The summed E-state index contributed by atoms with van der Waals surface area (Å²) < 4.78 is 0. The van der Waals surface area contributed by atoms with Gasteiger partial charge in [-0.05, 0) is 207 Å². The molecule has 0 fully saturated rings. The topological polar surface area (TPSA) is 6.48 Å². The van der Waals surface area contributed by atoms with Crippen LogP contribution in [0.25, 0.3) is 11.1 Å². The zero-order valence-electron chi connectivity index (χ0n) is 38.1. The van der Waals surface area contributed by atoms with Gasteiger partial charge >= 0.3 is 0 Å². The Labute approximate surface area is 374 Å². The maximum absolute atomic E-state index is 2.56. The smallest absolute Gasteiger partial charge is 0.0715 e. The fourth-order valence-corrected chi connectivity index (χ4v) is 11.5. The maximum Gasteiger partial charge on any atom is 0.0715 e. The Morgan fingerprint density at radius 2 is 0.667 bits per heavy atom. The fourth-order valence-electron chi connectivity index (χ4n) is 11.5. The molecule has 0 bridgehead atoms. The quantitative estimate of drug-likeness (QED) is 0.151. The van der Waals surface area contributed by atoms with Gasteiger partial charge in [-0.1, -0.05) is 119 Å². The van der Waals surface area contributed by atoms with Gasteiger partial charge in [0.15, 0.2) is 0 Å². The molecule has 0 aromatic heterocycles. The average Bonchev–Trinajstić information content (AvgIpc) is 3.52. The minimum Gasteiger partial charge on any atom is -0.310 e. The van der Waals surface area contributed by atoms with Crippen molar-refractivity contribution in [2.75, 3.05) is 9.80 Å². The van der Waals surface area contributed by atoms with Crippen LogP contribution in [0.5, 0.6) is 0 Å². The SMILES string of the molecule is Cc1ccc(N(c2ccc3c(c2)C(c2ccc4c(c2)CC4)(c2ccc4c(c2)CC4)c2cc(N(c4ccc(C)cc4)c4c(C)cc(C)cc4C)ccc2-3)c2c(C)cc(C)cc2C)cc1. The molecule has 0 amide bonds. The van der Waals surface area contributed by atoms with Gasteiger partial charge in [-0.25, -0.2) is 0 Å². The van der Waals surface area contributed by atoms with Gasteiger partial charge in [-0.3, -0.25) is 0 Å². The zero-order valence-corrected chi connectivity index (χ0v) is 38.1. The van der Waals surface area contributed by atoms with Crippen molar-refractivity contribution in [2.45, 2.75) is 86.5 Å². The highest BCUT2D eigenvalue weighted by atomic mass is 15.2. The van der Waals surface area contributed by atoms with Crippen LogP contribution in [0.2, 0.25) is 0 Å². The summed E-state index contributed by atoms with van der Waals surface area (Å²) in [5.74, 6) is 0. The van der Waals surface area contributed by atoms with Crippen LogP contribution < -0.4 is 9.80 Å².